The lowest BCUT2D eigenvalue weighted by Crippen LogP contribution is -2.51. The summed E-state index contributed by atoms with van der Waals surface area (Å²) in [5.74, 6) is 0. The van der Waals surface area contributed by atoms with Gasteiger partial charge < -0.3 is 5.32 Å². The van der Waals surface area contributed by atoms with Gasteiger partial charge in [0.2, 0.25) is 0 Å². The maximum Gasteiger partial charge on any atom is 0.154 e. The Kier molecular flexibility index (Phi) is 5.03. The number of likely N-dealkylation sites (N-methyl/N-ethyl adjacent to an activating group) is 1. The van der Waals surface area contributed by atoms with Gasteiger partial charge in [-0.15, -0.1) is 0 Å². The minimum Gasteiger partial charge on any atom is -0.315 e. The fourth-order valence-electron chi connectivity index (χ4n) is 2.69. The smallest absolute Gasteiger partial charge is 0.154 e. The Morgan fingerprint density at radius 3 is 1.95 bits per heavy atom. The van der Waals surface area contributed by atoms with Crippen molar-refractivity contribution in [3.63, 3.8) is 0 Å². The first-order chi connectivity index (χ1) is 9.00. The first kappa shape index (κ1) is 17.2. The van der Waals surface area contributed by atoms with E-state index < -0.39 is 14.6 Å². The number of aryl methyl sites for hydroxylation is 3. The lowest BCUT2D eigenvalue weighted by atomic mass is 9.90. The molecular weight excluding hydrogens is 270 g/mol. The van der Waals surface area contributed by atoms with Crippen molar-refractivity contribution in [3.8, 4) is 0 Å². The molecule has 0 saturated heterocycles. The molecule has 0 aliphatic carbocycles. The van der Waals surface area contributed by atoms with Gasteiger partial charge in [-0.25, -0.2) is 8.42 Å². The van der Waals surface area contributed by atoms with Gasteiger partial charge in [-0.2, -0.15) is 0 Å². The van der Waals surface area contributed by atoms with E-state index in [9.17, 15) is 8.42 Å². The highest BCUT2D eigenvalue weighted by Gasteiger charge is 2.38. The first-order valence-electron chi connectivity index (χ1n) is 6.94. The molecule has 0 amide bonds. The zero-order valence-corrected chi connectivity index (χ0v) is 14.5. The van der Waals surface area contributed by atoms with Crippen LogP contribution in [0.5, 0.6) is 0 Å². The van der Waals surface area contributed by atoms with Gasteiger partial charge in [-0.3, -0.25) is 0 Å². The summed E-state index contributed by atoms with van der Waals surface area (Å²) in [5.41, 5.74) is 4.94. The predicted octanol–water partition coefficient (Wildman–Crippen LogP) is 2.57. The third-order valence-electron chi connectivity index (χ3n) is 4.39. The van der Waals surface area contributed by atoms with Gasteiger partial charge in [-0.1, -0.05) is 17.7 Å². The van der Waals surface area contributed by atoms with E-state index in [1.54, 1.807) is 13.8 Å². The largest absolute Gasteiger partial charge is 0.315 e. The summed E-state index contributed by atoms with van der Waals surface area (Å²) >= 11 is 0. The topological polar surface area (TPSA) is 46.2 Å². The summed E-state index contributed by atoms with van der Waals surface area (Å²) in [4.78, 5) is 0. The van der Waals surface area contributed by atoms with Crippen molar-refractivity contribution in [2.75, 3.05) is 13.3 Å². The van der Waals surface area contributed by atoms with Gasteiger partial charge in [0.05, 0.1) is 4.75 Å². The van der Waals surface area contributed by atoms with Crippen LogP contribution in [-0.2, 0) is 16.3 Å². The summed E-state index contributed by atoms with van der Waals surface area (Å²) in [5, 5.41) is 3.19. The van der Waals surface area contributed by atoms with Crippen LogP contribution >= 0.6 is 0 Å². The summed E-state index contributed by atoms with van der Waals surface area (Å²) < 4.78 is 23.3. The van der Waals surface area contributed by atoms with Gasteiger partial charge in [0, 0.05) is 12.3 Å². The van der Waals surface area contributed by atoms with Crippen molar-refractivity contribution in [2.45, 2.75) is 51.8 Å². The highest BCUT2D eigenvalue weighted by Crippen LogP contribution is 2.26. The average molecular weight is 297 g/mol. The second-order valence-corrected chi connectivity index (χ2v) is 8.89. The van der Waals surface area contributed by atoms with Crippen LogP contribution in [0.25, 0.3) is 0 Å². The molecule has 0 bridgehead atoms. The molecule has 3 nitrogen and oxygen atoms in total. The molecular formula is C16H27NO2S. The molecule has 1 aromatic rings. The van der Waals surface area contributed by atoms with E-state index in [1.807, 2.05) is 7.05 Å². The molecule has 1 N–H and O–H groups in total. The van der Waals surface area contributed by atoms with Crippen LogP contribution in [0, 0.1) is 20.8 Å². The van der Waals surface area contributed by atoms with E-state index >= 15 is 0 Å². The maximum atomic E-state index is 12.0. The maximum absolute atomic E-state index is 12.0. The molecule has 20 heavy (non-hydrogen) atoms. The van der Waals surface area contributed by atoms with Gasteiger partial charge >= 0.3 is 0 Å². The Morgan fingerprint density at radius 1 is 1.15 bits per heavy atom. The molecule has 0 aliphatic rings. The van der Waals surface area contributed by atoms with Crippen LogP contribution in [0.4, 0.5) is 0 Å². The quantitative estimate of drug-likeness (QED) is 0.908. The van der Waals surface area contributed by atoms with Crippen molar-refractivity contribution in [1.82, 2.24) is 5.32 Å². The highest BCUT2D eigenvalue weighted by molar-refractivity contribution is 7.92. The number of rotatable bonds is 5. The van der Waals surface area contributed by atoms with Crippen molar-refractivity contribution >= 4 is 9.84 Å². The van der Waals surface area contributed by atoms with E-state index in [0.717, 1.165) is 0 Å². The Balaban J connectivity index is 3.20. The molecule has 0 fully saturated rings. The lowest BCUT2D eigenvalue weighted by Gasteiger charge is -2.33. The van der Waals surface area contributed by atoms with E-state index in [4.69, 9.17) is 0 Å². The molecule has 4 heteroatoms. The summed E-state index contributed by atoms with van der Waals surface area (Å²) in [6.45, 7) is 9.86. The zero-order chi connectivity index (χ0) is 15.7. The Morgan fingerprint density at radius 2 is 1.60 bits per heavy atom. The third-order valence-corrected chi connectivity index (χ3v) is 6.59. The van der Waals surface area contributed by atoms with Crippen LogP contribution in [0.1, 0.15) is 36.1 Å². The molecule has 1 aromatic carbocycles. The Hall–Kier alpha value is -0.870. The number of hydrogen-bond acceptors (Lipinski definition) is 3. The van der Waals surface area contributed by atoms with Crippen molar-refractivity contribution in [3.05, 3.63) is 34.4 Å². The average Bonchev–Trinajstić information content (AvgIpc) is 2.25. The van der Waals surface area contributed by atoms with Gasteiger partial charge in [-0.05, 0) is 64.8 Å². The molecule has 0 radical (unpaired) electrons. The standard InChI is InChI=1S/C16H27NO2S/c1-11-8-12(2)14(13(3)9-11)10-15(17-6)16(4,5)20(7,18)19/h8-9,15,17H,10H2,1-7H3. The van der Waals surface area contributed by atoms with E-state index in [2.05, 4.69) is 38.2 Å². The van der Waals surface area contributed by atoms with Crippen molar-refractivity contribution < 1.29 is 8.42 Å². The number of benzene rings is 1. The molecule has 114 valence electrons. The van der Waals surface area contributed by atoms with Crippen LogP contribution in [-0.4, -0.2) is 32.5 Å². The first-order valence-corrected chi connectivity index (χ1v) is 8.83. The van der Waals surface area contributed by atoms with Crippen LogP contribution < -0.4 is 5.32 Å². The molecule has 1 atom stereocenters. The lowest BCUT2D eigenvalue weighted by molar-refractivity contribution is 0.429. The van der Waals surface area contributed by atoms with Crippen LogP contribution in [0.15, 0.2) is 12.1 Å². The van der Waals surface area contributed by atoms with E-state index in [0.29, 0.717) is 6.42 Å². The van der Waals surface area contributed by atoms with Crippen molar-refractivity contribution in [1.29, 1.82) is 0 Å². The van der Waals surface area contributed by atoms with Gasteiger partial charge in [0.1, 0.15) is 0 Å². The molecule has 0 aromatic heterocycles. The molecule has 1 rings (SSSR count). The Bertz CT molecular complexity index is 565. The fourth-order valence-corrected chi connectivity index (χ4v) is 3.41. The summed E-state index contributed by atoms with van der Waals surface area (Å²) in [6.07, 6.45) is 2.03. The minimum absolute atomic E-state index is 0.113. The molecule has 1 unspecified atom stereocenters. The normalized spacial score (nSPS) is 14.3. The predicted molar refractivity (Wildman–Crippen MR) is 86.1 cm³/mol. The van der Waals surface area contributed by atoms with Crippen molar-refractivity contribution in [2.24, 2.45) is 0 Å². The summed E-state index contributed by atoms with van der Waals surface area (Å²) in [6, 6.07) is 4.20. The zero-order valence-electron chi connectivity index (χ0n) is 13.7. The van der Waals surface area contributed by atoms with Gasteiger partial charge in [0.25, 0.3) is 0 Å². The van der Waals surface area contributed by atoms with Crippen LogP contribution in [0.3, 0.4) is 0 Å². The Labute approximate surface area is 123 Å². The molecule has 0 spiro atoms. The highest BCUT2D eigenvalue weighted by atomic mass is 32.2. The minimum atomic E-state index is -3.13. The SMILES string of the molecule is CNC(Cc1c(C)cc(C)cc1C)C(C)(C)S(C)(=O)=O. The molecule has 0 aliphatic heterocycles. The third kappa shape index (κ3) is 3.41. The molecule has 0 saturated carbocycles. The summed E-state index contributed by atoms with van der Waals surface area (Å²) in [7, 11) is -1.30. The van der Waals surface area contributed by atoms with Crippen LogP contribution in [0.2, 0.25) is 0 Å². The number of sulfone groups is 1. The monoisotopic (exact) mass is 297 g/mol. The fraction of sp³-hybridized carbons (Fsp3) is 0.625. The molecule has 0 heterocycles. The number of nitrogens with one attached hydrogen (secondary N) is 1. The van der Waals surface area contributed by atoms with Gasteiger partial charge in [0.15, 0.2) is 9.84 Å². The van der Waals surface area contributed by atoms with E-state index in [1.165, 1.54) is 28.5 Å². The van der Waals surface area contributed by atoms with E-state index in [-0.39, 0.29) is 6.04 Å². The number of hydrogen-bond donors (Lipinski definition) is 1. The second kappa shape index (κ2) is 5.86. The second-order valence-electron chi connectivity index (χ2n) is 6.30.